The molecule has 3 aliphatic rings. The fraction of sp³-hybridized carbons (Fsp3) is 0.296. The van der Waals surface area contributed by atoms with Gasteiger partial charge in [0.1, 0.15) is 17.5 Å². The number of amides is 2. The van der Waals surface area contributed by atoms with E-state index in [2.05, 4.69) is 15.3 Å². The number of rotatable bonds is 5. The summed E-state index contributed by atoms with van der Waals surface area (Å²) in [5, 5.41) is 2.84. The summed E-state index contributed by atoms with van der Waals surface area (Å²) >= 11 is 6.66. The lowest BCUT2D eigenvalue weighted by atomic mass is 9.95. The van der Waals surface area contributed by atoms with Gasteiger partial charge in [0.2, 0.25) is 11.8 Å². The first-order chi connectivity index (χ1) is 18.1. The summed E-state index contributed by atoms with van der Waals surface area (Å²) in [4.78, 5) is 49.8. The third kappa shape index (κ3) is 3.99. The Kier molecular flexibility index (Phi) is 5.50. The van der Waals surface area contributed by atoms with Crippen LogP contribution in [0.15, 0.2) is 48.7 Å². The van der Waals surface area contributed by atoms with E-state index in [0.717, 1.165) is 0 Å². The van der Waals surface area contributed by atoms with Crippen molar-refractivity contribution in [1.29, 1.82) is 0 Å². The number of halogens is 3. The highest BCUT2D eigenvalue weighted by atomic mass is 35.5. The van der Waals surface area contributed by atoms with E-state index in [1.165, 1.54) is 11.8 Å². The third-order valence-corrected chi connectivity index (χ3v) is 7.68. The van der Waals surface area contributed by atoms with Crippen LogP contribution in [0.1, 0.15) is 29.4 Å². The number of benzene rings is 1. The summed E-state index contributed by atoms with van der Waals surface area (Å²) in [5.74, 6) is -3.23. The lowest BCUT2D eigenvalue weighted by molar-refractivity contribution is -0.121. The number of ketones is 1. The number of hydrogen-bond donors (Lipinski definition) is 1. The van der Waals surface area contributed by atoms with Crippen LogP contribution in [-0.4, -0.2) is 53.1 Å². The number of Topliss-reactive ketones (excluding diaryl/α,β-unsaturated/α-hetero) is 1. The summed E-state index contributed by atoms with van der Waals surface area (Å²) in [7, 11) is 0. The number of anilines is 3. The van der Waals surface area contributed by atoms with Crippen LogP contribution in [0.5, 0.6) is 0 Å². The molecule has 4 heterocycles. The maximum Gasteiger partial charge on any atom is 0.258 e. The molecule has 1 aliphatic carbocycles. The Morgan fingerprint density at radius 2 is 1.87 bits per heavy atom. The maximum atomic E-state index is 13.8. The molecule has 8 nitrogen and oxygen atoms in total. The molecule has 6 rings (SSSR count). The Hall–Kier alpha value is -3.92. The van der Waals surface area contributed by atoms with Crippen LogP contribution in [0.25, 0.3) is 11.1 Å². The van der Waals surface area contributed by atoms with Crippen LogP contribution in [0.4, 0.5) is 26.0 Å². The van der Waals surface area contributed by atoms with Gasteiger partial charge in [-0.3, -0.25) is 19.4 Å². The van der Waals surface area contributed by atoms with Crippen LogP contribution >= 0.6 is 11.6 Å². The molecule has 1 N–H and O–H groups in total. The van der Waals surface area contributed by atoms with Crippen LogP contribution < -0.4 is 15.1 Å². The fourth-order valence-corrected chi connectivity index (χ4v) is 5.45. The molecule has 1 saturated heterocycles. The van der Waals surface area contributed by atoms with Gasteiger partial charge in [-0.05, 0) is 37.3 Å². The van der Waals surface area contributed by atoms with E-state index in [1.807, 2.05) is 0 Å². The van der Waals surface area contributed by atoms with Gasteiger partial charge in [-0.1, -0.05) is 17.7 Å². The Bertz CT molecular complexity index is 1510. The monoisotopic (exact) mass is 537 g/mol. The van der Waals surface area contributed by atoms with Crippen molar-refractivity contribution in [3.8, 4) is 11.1 Å². The number of alkyl halides is 2. The van der Waals surface area contributed by atoms with Gasteiger partial charge in [0.05, 0.1) is 23.2 Å². The summed E-state index contributed by atoms with van der Waals surface area (Å²) in [6, 6.07) is 11.6. The number of pyridine rings is 2. The van der Waals surface area contributed by atoms with Crippen LogP contribution in [0, 0.1) is 5.41 Å². The first-order valence-electron chi connectivity index (χ1n) is 12.1. The number of hydrogen-bond acceptors (Lipinski definition) is 6. The lowest BCUT2D eigenvalue weighted by Gasteiger charge is -2.41. The topological polar surface area (TPSA) is 95.5 Å². The van der Waals surface area contributed by atoms with Gasteiger partial charge in [-0.25, -0.2) is 13.8 Å². The van der Waals surface area contributed by atoms with E-state index in [4.69, 9.17) is 11.6 Å². The molecule has 0 radical (unpaired) electrons. The molecule has 1 aromatic carbocycles. The number of carbonyl (C=O) groups is 3. The van der Waals surface area contributed by atoms with Crippen molar-refractivity contribution in [3.05, 3.63) is 65.1 Å². The van der Waals surface area contributed by atoms with Crippen molar-refractivity contribution in [2.45, 2.75) is 25.7 Å². The van der Waals surface area contributed by atoms with E-state index in [0.29, 0.717) is 39.6 Å². The zero-order chi connectivity index (χ0) is 26.8. The predicted molar refractivity (Wildman–Crippen MR) is 138 cm³/mol. The van der Waals surface area contributed by atoms with Gasteiger partial charge in [0.15, 0.2) is 5.78 Å². The predicted octanol–water partition coefficient (Wildman–Crippen LogP) is 4.37. The first-order valence-corrected chi connectivity index (χ1v) is 12.4. The van der Waals surface area contributed by atoms with Gasteiger partial charge in [-0.2, -0.15) is 0 Å². The highest BCUT2D eigenvalue weighted by Crippen LogP contribution is 2.65. The van der Waals surface area contributed by atoms with Gasteiger partial charge < -0.3 is 15.1 Å². The van der Waals surface area contributed by atoms with Gasteiger partial charge in [0, 0.05) is 54.2 Å². The zero-order valence-electron chi connectivity index (χ0n) is 20.3. The molecule has 0 bridgehead atoms. The van der Waals surface area contributed by atoms with Crippen LogP contribution in [-0.2, 0) is 16.0 Å². The molecule has 3 aromatic rings. The van der Waals surface area contributed by atoms with E-state index in [1.54, 1.807) is 53.6 Å². The molecule has 2 amide bonds. The number of nitrogens with one attached hydrogen (secondary N) is 1. The molecule has 11 heteroatoms. The molecular weight excluding hydrogens is 516 g/mol. The van der Waals surface area contributed by atoms with E-state index < -0.39 is 17.2 Å². The van der Waals surface area contributed by atoms with Crippen molar-refractivity contribution in [2.24, 2.45) is 5.41 Å². The molecule has 38 heavy (non-hydrogen) atoms. The Labute approximate surface area is 221 Å². The molecule has 194 valence electrons. The molecule has 1 saturated carbocycles. The van der Waals surface area contributed by atoms with Crippen molar-refractivity contribution in [3.63, 3.8) is 0 Å². The quantitative estimate of drug-likeness (QED) is 0.383. The van der Waals surface area contributed by atoms with Crippen molar-refractivity contribution in [2.75, 3.05) is 34.8 Å². The number of carbonyl (C=O) groups excluding carboxylic acids is 3. The van der Waals surface area contributed by atoms with Gasteiger partial charge in [0.25, 0.3) is 5.92 Å². The highest BCUT2D eigenvalue weighted by Gasteiger charge is 2.76. The fourth-order valence-electron chi connectivity index (χ4n) is 5.17. The van der Waals surface area contributed by atoms with E-state index >= 15 is 0 Å². The molecule has 2 aliphatic heterocycles. The molecule has 0 atom stereocenters. The second kappa shape index (κ2) is 8.56. The first kappa shape index (κ1) is 24.4. The average molecular weight is 538 g/mol. The summed E-state index contributed by atoms with van der Waals surface area (Å²) in [6.45, 7) is 1.42. The van der Waals surface area contributed by atoms with Gasteiger partial charge in [-0.15, -0.1) is 0 Å². The molecular formula is C27H22ClF2N5O3. The number of aromatic nitrogens is 2. The minimum atomic E-state index is -2.67. The maximum absolute atomic E-state index is 13.8. The average Bonchev–Trinajstić information content (AvgIpc) is 3.46. The second-order valence-corrected chi connectivity index (χ2v) is 10.4. The Balaban J connectivity index is 1.33. The molecule has 0 unspecified atom stereocenters. The van der Waals surface area contributed by atoms with Crippen molar-refractivity contribution >= 4 is 46.4 Å². The smallest absolute Gasteiger partial charge is 0.258 e. The normalized spacial score (nSPS) is 18.3. The summed E-state index contributed by atoms with van der Waals surface area (Å²) in [5.41, 5.74) is 1.90. The minimum absolute atomic E-state index is 0.0594. The number of fused-ring (bicyclic) bond motifs is 3. The standard InChI is InChI=1S/C27H22ClF2N5O3/c1-15(36)16-4-6-17(7-5-16)32-22(37)11-35-20-10-21(34-13-26(14-34)12-27(26,29)30)33-25(28)24(20)18-3-2-8-31-19(18)9-23(35)38/h2-8,10H,9,11-14H2,1H3,(H,32,37). The number of nitrogens with zero attached hydrogens (tertiary/aromatic N) is 4. The SMILES string of the molecule is CC(=O)c1ccc(NC(=O)CN2C(=O)Cc3ncccc3-c3c2cc(N2CC4(C2)CC4(F)F)nc3Cl)cc1. The largest absolute Gasteiger partial charge is 0.355 e. The molecule has 2 fully saturated rings. The summed E-state index contributed by atoms with van der Waals surface area (Å²) < 4.78 is 27.6. The molecule has 2 aromatic heterocycles. The van der Waals surface area contributed by atoms with Crippen molar-refractivity contribution < 1.29 is 23.2 Å². The highest BCUT2D eigenvalue weighted by molar-refractivity contribution is 6.33. The Morgan fingerprint density at radius 3 is 2.53 bits per heavy atom. The molecule has 1 spiro atoms. The van der Waals surface area contributed by atoms with E-state index in [-0.39, 0.29) is 49.3 Å². The van der Waals surface area contributed by atoms with E-state index in [9.17, 15) is 23.2 Å². The zero-order valence-corrected chi connectivity index (χ0v) is 21.1. The van der Waals surface area contributed by atoms with Crippen LogP contribution in [0.2, 0.25) is 5.15 Å². The van der Waals surface area contributed by atoms with Crippen LogP contribution in [0.3, 0.4) is 0 Å². The van der Waals surface area contributed by atoms with Crippen molar-refractivity contribution in [1.82, 2.24) is 9.97 Å². The van der Waals surface area contributed by atoms with Gasteiger partial charge >= 0.3 is 0 Å². The minimum Gasteiger partial charge on any atom is -0.355 e. The second-order valence-electron chi connectivity index (χ2n) is 10.0. The third-order valence-electron chi connectivity index (χ3n) is 7.41. The summed E-state index contributed by atoms with van der Waals surface area (Å²) in [6.07, 6.45) is 1.37. The Morgan fingerprint density at radius 1 is 1.16 bits per heavy atom. The lowest BCUT2D eigenvalue weighted by Crippen LogP contribution is -2.52.